The van der Waals surface area contributed by atoms with Crippen molar-refractivity contribution in [2.24, 2.45) is 0 Å². The third-order valence-electron chi connectivity index (χ3n) is 3.30. The minimum Gasteiger partial charge on any atom is -0.493 e. The maximum absolute atomic E-state index is 11.1. The summed E-state index contributed by atoms with van der Waals surface area (Å²) in [7, 11) is 1.55. The molecule has 5 heteroatoms. The number of benzene rings is 1. The highest BCUT2D eigenvalue weighted by atomic mass is 16.5. The van der Waals surface area contributed by atoms with Crippen LogP contribution in [-0.4, -0.2) is 30.8 Å². The molecule has 0 aliphatic carbocycles. The molecule has 0 bridgehead atoms. The number of carboxylic acid groups (broad SMARTS) is 1. The van der Waals surface area contributed by atoms with Crippen molar-refractivity contribution in [3.05, 3.63) is 23.8 Å². The topological polar surface area (TPSA) is 67.8 Å². The van der Waals surface area contributed by atoms with Gasteiger partial charge in [-0.2, -0.15) is 0 Å². The summed E-state index contributed by atoms with van der Waals surface area (Å²) in [6.45, 7) is 6.92. The lowest BCUT2D eigenvalue weighted by Crippen LogP contribution is -2.26. The van der Waals surface area contributed by atoms with Crippen molar-refractivity contribution in [1.29, 1.82) is 0 Å². The first-order chi connectivity index (χ1) is 10.0. The van der Waals surface area contributed by atoms with E-state index in [4.69, 9.17) is 14.6 Å². The Balaban J connectivity index is 2.90. The number of aliphatic carboxylic acids is 1. The average Bonchev–Trinajstić information content (AvgIpc) is 2.49. The first-order valence-corrected chi connectivity index (χ1v) is 7.34. The van der Waals surface area contributed by atoms with Gasteiger partial charge in [0.2, 0.25) is 0 Å². The highest BCUT2D eigenvalue weighted by Crippen LogP contribution is 2.31. The number of ether oxygens (including phenoxy) is 2. The summed E-state index contributed by atoms with van der Waals surface area (Å²) in [5.74, 6) is 0.0390. The van der Waals surface area contributed by atoms with Crippen LogP contribution in [0.3, 0.4) is 0 Å². The Labute approximate surface area is 126 Å². The minimum absolute atomic E-state index is 0.203. The van der Waals surface area contributed by atoms with Crippen LogP contribution in [0.25, 0.3) is 0 Å². The molecule has 0 spiro atoms. The van der Waals surface area contributed by atoms with Gasteiger partial charge in [0, 0.05) is 6.04 Å². The van der Waals surface area contributed by atoms with Gasteiger partial charge in [0.1, 0.15) is 0 Å². The Morgan fingerprint density at radius 2 is 2.05 bits per heavy atom. The number of carboxylic acids is 1. The molecule has 5 nitrogen and oxygen atoms in total. The first kappa shape index (κ1) is 17.3. The van der Waals surface area contributed by atoms with Gasteiger partial charge in [-0.05, 0) is 44.0 Å². The molecule has 0 amide bonds. The molecule has 2 unspecified atom stereocenters. The summed E-state index contributed by atoms with van der Waals surface area (Å²) < 4.78 is 10.8. The maximum Gasteiger partial charge on any atom is 0.344 e. The van der Waals surface area contributed by atoms with Crippen LogP contribution in [0.1, 0.15) is 45.2 Å². The maximum atomic E-state index is 11.1. The lowest BCUT2D eigenvalue weighted by Gasteiger charge is -2.19. The number of nitrogens with one attached hydrogen (secondary N) is 1. The van der Waals surface area contributed by atoms with E-state index in [-0.39, 0.29) is 6.04 Å². The summed E-state index contributed by atoms with van der Waals surface area (Å²) in [5.41, 5.74) is 1.08. The van der Waals surface area contributed by atoms with Crippen LogP contribution in [0.2, 0.25) is 0 Å². The van der Waals surface area contributed by atoms with E-state index in [1.165, 1.54) is 0 Å². The number of hydrogen-bond donors (Lipinski definition) is 2. The van der Waals surface area contributed by atoms with Crippen LogP contribution in [0.5, 0.6) is 11.5 Å². The van der Waals surface area contributed by atoms with Crippen molar-refractivity contribution >= 4 is 5.97 Å². The molecule has 2 N–H and O–H groups in total. The van der Waals surface area contributed by atoms with Crippen molar-refractivity contribution in [2.75, 3.05) is 13.7 Å². The van der Waals surface area contributed by atoms with Gasteiger partial charge in [-0.1, -0.05) is 19.9 Å². The van der Waals surface area contributed by atoms with Crippen LogP contribution in [0, 0.1) is 0 Å². The van der Waals surface area contributed by atoms with Crippen molar-refractivity contribution in [2.45, 2.75) is 45.8 Å². The third-order valence-corrected chi connectivity index (χ3v) is 3.30. The van der Waals surface area contributed by atoms with Crippen LogP contribution in [0.15, 0.2) is 18.2 Å². The fourth-order valence-electron chi connectivity index (χ4n) is 1.99. The predicted molar refractivity (Wildman–Crippen MR) is 82.0 cm³/mol. The van der Waals surface area contributed by atoms with Crippen LogP contribution in [0.4, 0.5) is 0 Å². The standard InChI is InChI=1S/C16H25NO4/c1-5-9-17-11(3)12-7-8-14(15(10-12)20-4)21-13(6-2)16(18)19/h7-8,10-11,13,17H,5-6,9H2,1-4H3,(H,18,19). The van der Waals surface area contributed by atoms with Crippen molar-refractivity contribution in [3.8, 4) is 11.5 Å². The molecule has 1 rings (SSSR count). The fourth-order valence-corrected chi connectivity index (χ4v) is 1.99. The van der Waals surface area contributed by atoms with Gasteiger partial charge in [-0.3, -0.25) is 0 Å². The molecule has 21 heavy (non-hydrogen) atoms. The van der Waals surface area contributed by atoms with E-state index in [1.807, 2.05) is 12.1 Å². The van der Waals surface area contributed by atoms with E-state index in [0.29, 0.717) is 17.9 Å². The van der Waals surface area contributed by atoms with Gasteiger partial charge in [-0.15, -0.1) is 0 Å². The lowest BCUT2D eigenvalue weighted by molar-refractivity contribution is -0.145. The quantitative estimate of drug-likeness (QED) is 0.733. The monoisotopic (exact) mass is 295 g/mol. The van der Waals surface area contributed by atoms with E-state index in [1.54, 1.807) is 20.1 Å². The molecule has 0 radical (unpaired) electrons. The second kappa shape index (κ2) is 8.52. The molecule has 2 atom stereocenters. The van der Waals surface area contributed by atoms with E-state index < -0.39 is 12.1 Å². The zero-order chi connectivity index (χ0) is 15.8. The molecular formula is C16H25NO4. The average molecular weight is 295 g/mol. The molecular weight excluding hydrogens is 270 g/mol. The molecule has 0 aliphatic heterocycles. The largest absolute Gasteiger partial charge is 0.493 e. The Bertz CT molecular complexity index is 462. The van der Waals surface area contributed by atoms with E-state index in [2.05, 4.69) is 19.2 Å². The lowest BCUT2D eigenvalue weighted by atomic mass is 10.1. The van der Waals surface area contributed by atoms with E-state index >= 15 is 0 Å². The Morgan fingerprint density at radius 3 is 2.57 bits per heavy atom. The number of methoxy groups -OCH3 is 1. The van der Waals surface area contributed by atoms with Gasteiger partial charge < -0.3 is 19.9 Å². The Kier molecular flexibility index (Phi) is 7.02. The first-order valence-electron chi connectivity index (χ1n) is 7.34. The smallest absolute Gasteiger partial charge is 0.344 e. The second-order valence-electron chi connectivity index (χ2n) is 4.94. The van der Waals surface area contributed by atoms with Crippen molar-refractivity contribution in [1.82, 2.24) is 5.32 Å². The number of rotatable bonds is 9. The highest BCUT2D eigenvalue weighted by molar-refractivity contribution is 5.72. The van der Waals surface area contributed by atoms with Gasteiger partial charge in [0.05, 0.1) is 7.11 Å². The van der Waals surface area contributed by atoms with Gasteiger partial charge in [0.15, 0.2) is 17.6 Å². The fraction of sp³-hybridized carbons (Fsp3) is 0.562. The zero-order valence-corrected chi connectivity index (χ0v) is 13.2. The summed E-state index contributed by atoms with van der Waals surface area (Å²) in [4.78, 5) is 11.1. The minimum atomic E-state index is -0.971. The predicted octanol–water partition coefficient (Wildman–Crippen LogP) is 3.00. The second-order valence-corrected chi connectivity index (χ2v) is 4.94. The molecule has 0 heterocycles. The highest BCUT2D eigenvalue weighted by Gasteiger charge is 2.19. The number of hydrogen-bond acceptors (Lipinski definition) is 4. The van der Waals surface area contributed by atoms with Gasteiger partial charge >= 0.3 is 5.97 Å². The Hall–Kier alpha value is -1.75. The van der Waals surface area contributed by atoms with Gasteiger partial charge in [0.25, 0.3) is 0 Å². The molecule has 0 saturated heterocycles. The molecule has 0 aromatic heterocycles. The number of carbonyl (C=O) groups is 1. The molecule has 1 aromatic rings. The van der Waals surface area contributed by atoms with Crippen molar-refractivity contribution < 1.29 is 19.4 Å². The van der Waals surface area contributed by atoms with Crippen LogP contribution in [-0.2, 0) is 4.79 Å². The molecule has 0 fully saturated rings. The van der Waals surface area contributed by atoms with Crippen LogP contribution >= 0.6 is 0 Å². The SMILES string of the molecule is CCCNC(C)c1ccc(OC(CC)C(=O)O)c(OC)c1. The summed E-state index contributed by atoms with van der Waals surface area (Å²) in [6.07, 6.45) is 0.606. The third kappa shape index (κ3) is 4.93. The Morgan fingerprint density at radius 1 is 1.33 bits per heavy atom. The zero-order valence-electron chi connectivity index (χ0n) is 13.2. The molecule has 0 aliphatic rings. The summed E-state index contributed by atoms with van der Waals surface area (Å²) in [5, 5.41) is 12.5. The van der Waals surface area contributed by atoms with Gasteiger partial charge in [-0.25, -0.2) is 4.79 Å². The molecule has 1 aromatic carbocycles. The normalized spacial score (nSPS) is 13.5. The van der Waals surface area contributed by atoms with Crippen molar-refractivity contribution in [3.63, 3.8) is 0 Å². The molecule has 118 valence electrons. The van der Waals surface area contributed by atoms with E-state index in [9.17, 15) is 4.79 Å². The summed E-state index contributed by atoms with van der Waals surface area (Å²) in [6, 6.07) is 5.79. The van der Waals surface area contributed by atoms with Crippen LogP contribution < -0.4 is 14.8 Å². The summed E-state index contributed by atoms with van der Waals surface area (Å²) >= 11 is 0. The molecule has 0 saturated carbocycles. The van der Waals surface area contributed by atoms with E-state index in [0.717, 1.165) is 18.5 Å².